The van der Waals surface area contributed by atoms with Gasteiger partial charge < -0.3 is 9.64 Å². The van der Waals surface area contributed by atoms with Gasteiger partial charge in [0.15, 0.2) is 0 Å². The van der Waals surface area contributed by atoms with Crippen molar-refractivity contribution in [2.45, 2.75) is 30.1 Å². The third kappa shape index (κ3) is 6.25. The highest BCUT2D eigenvalue weighted by molar-refractivity contribution is 7.89. The Morgan fingerprint density at radius 2 is 2.00 bits per heavy atom. The van der Waals surface area contributed by atoms with Crippen LogP contribution in [0.2, 0.25) is 5.02 Å². The van der Waals surface area contributed by atoms with E-state index >= 15 is 0 Å². The Morgan fingerprint density at radius 1 is 1.20 bits per heavy atom. The van der Waals surface area contributed by atoms with Gasteiger partial charge in [0, 0.05) is 24.8 Å². The molecule has 5 rings (SSSR count). The molecule has 1 N–H and O–H groups in total. The predicted molar refractivity (Wildman–Crippen MR) is 139 cm³/mol. The molecule has 0 spiro atoms. The number of fused-ring (bicyclic) bond motifs is 1. The third-order valence-corrected chi connectivity index (χ3v) is 8.45. The number of likely N-dealkylation sites (tertiary alicyclic amines) is 1. The van der Waals surface area contributed by atoms with Gasteiger partial charge in [0.05, 0.1) is 13.3 Å². The molecule has 2 unspecified atom stereocenters. The molecule has 7 nitrogen and oxygen atoms in total. The van der Waals surface area contributed by atoms with E-state index in [-0.39, 0.29) is 4.90 Å². The zero-order valence-electron chi connectivity index (χ0n) is 20.4. The quantitative estimate of drug-likeness (QED) is 0.515. The van der Waals surface area contributed by atoms with E-state index in [1.165, 1.54) is 73.3 Å². The molecule has 188 valence electrons. The standard InChI is InChI=1S/C21H24ClNO.C5H9N3O2S/c1-24-19-7-6-16-12-17(14-23-8-3-9-23)20(21(16)13-19)11-15-4-2-5-18(22)10-15;1-6-11(9,10)5-3-7-8(2)4-5/h2,4-7,10,13,17,20H,3,8-9,11-12,14H2,1H3;3-4,6H,1-2H3. The molecule has 9 heteroatoms. The molecular weight excluding hydrogens is 484 g/mol. The Balaban J connectivity index is 0.000000221. The van der Waals surface area contributed by atoms with E-state index in [9.17, 15) is 8.42 Å². The first-order chi connectivity index (χ1) is 16.8. The van der Waals surface area contributed by atoms with Crippen molar-refractivity contribution in [1.29, 1.82) is 0 Å². The number of sulfonamides is 1. The van der Waals surface area contributed by atoms with Crippen LogP contribution >= 0.6 is 11.6 Å². The smallest absolute Gasteiger partial charge is 0.243 e. The third-order valence-electron chi connectivity index (χ3n) is 6.85. The van der Waals surface area contributed by atoms with Crippen LogP contribution in [0.15, 0.2) is 59.8 Å². The molecule has 1 fully saturated rings. The highest BCUT2D eigenvalue weighted by atomic mass is 35.5. The van der Waals surface area contributed by atoms with Crippen molar-refractivity contribution in [2.24, 2.45) is 13.0 Å². The van der Waals surface area contributed by atoms with E-state index in [4.69, 9.17) is 16.3 Å². The number of methoxy groups -OCH3 is 1. The Bertz CT molecular complexity index is 1260. The van der Waals surface area contributed by atoms with Gasteiger partial charge in [-0.05, 0) is 92.2 Å². The monoisotopic (exact) mass is 516 g/mol. The zero-order valence-corrected chi connectivity index (χ0v) is 22.0. The lowest BCUT2D eigenvalue weighted by Gasteiger charge is -2.35. The molecule has 2 aliphatic rings. The fourth-order valence-corrected chi connectivity index (χ4v) is 5.77. The molecule has 1 aliphatic carbocycles. The molecular formula is C26H33ClN4O3S. The normalized spacial score (nSPS) is 19.4. The van der Waals surface area contributed by atoms with E-state index in [1.807, 2.05) is 6.07 Å². The van der Waals surface area contributed by atoms with Crippen molar-refractivity contribution in [2.75, 3.05) is 33.8 Å². The van der Waals surface area contributed by atoms with Crippen LogP contribution in [0.1, 0.15) is 29.0 Å². The number of nitrogens with zero attached hydrogens (tertiary/aromatic N) is 3. The molecule has 1 saturated heterocycles. The van der Waals surface area contributed by atoms with E-state index in [0.717, 1.165) is 17.2 Å². The largest absolute Gasteiger partial charge is 0.497 e. The number of aromatic nitrogens is 2. The minimum atomic E-state index is -3.31. The number of hydrogen-bond donors (Lipinski definition) is 1. The number of halogens is 1. The summed E-state index contributed by atoms with van der Waals surface area (Å²) in [6.45, 7) is 3.74. The maximum Gasteiger partial charge on any atom is 0.243 e. The minimum Gasteiger partial charge on any atom is -0.497 e. The molecule has 35 heavy (non-hydrogen) atoms. The van der Waals surface area contributed by atoms with Crippen LogP contribution in [0.3, 0.4) is 0 Å². The fourth-order valence-electron chi connectivity index (χ4n) is 4.85. The summed E-state index contributed by atoms with van der Waals surface area (Å²) >= 11 is 6.20. The molecule has 0 saturated carbocycles. The van der Waals surface area contributed by atoms with Gasteiger partial charge in [0.25, 0.3) is 0 Å². The van der Waals surface area contributed by atoms with Crippen LogP contribution in [0, 0.1) is 5.92 Å². The number of rotatable bonds is 7. The summed E-state index contributed by atoms with van der Waals surface area (Å²) in [5, 5.41) is 4.56. The van der Waals surface area contributed by atoms with Gasteiger partial charge in [0.1, 0.15) is 10.6 Å². The number of hydrogen-bond acceptors (Lipinski definition) is 5. The lowest BCUT2D eigenvalue weighted by Crippen LogP contribution is -2.41. The average Bonchev–Trinajstić information content (AvgIpc) is 3.40. The first-order valence-corrected chi connectivity index (χ1v) is 13.7. The summed E-state index contributed by atoms with van der Waals surface area (Å²) in [5.41, 5.74) is 4.30. The van der Waals surface area contributed by atoms with Crippen molar-refractivity contribution < 1.29 is 13.2 Å². The molecule has 2 heterocycles. The van der Waals surface area contributed by atoms with Crippen LogP contribution < -0.4 is 9.46 Å². The topological polar surface area (TPSA) is 76.5 Å². The molecule has 0 bridgehead atoms. The van der Waals surface area contributed by atoms with Crippen molar-refractivity contribution in [3.8, 4) is 5.75 Å². The lowest BCUT2D eigenvalue weighted by atomic mass is 9.86. The van der Waals surface area contributed by atoms with E-state index in [1.54, 1.807) is 14.2 Å². The molecule has 0 radical (unpaired) electrons. The lowest BCUT2D eigenvalue weighted by molar-refractivity contribution is 0.145. The van der Waals surface area contributed by atoms with Crippen molar-refractivity contribution in [3.63, 3.8) is 0 Å². The average molecular weight is 517 g/mol. The summed E-state index contributed by atoms with van der Waals surface area (Å²) in [5.74, 6) is 2.20. The van der Waals surface area contributed by atoms with Gasteiger partial charge in [0.2, 0.25) is 10.0 Å². The first-order valence-electron chi connectivity index (χ1n) is 11.8. The highest BCUT2D eigenvalue weighted by Crippen LogP contribution is 2.42. The first kappa shape index (κ1) is 25.7. The van der Waals surface area contributed by atoms with Crippen molar-refractivity contribution >= 4 is 21.6 Å². The number of ether oxygens (including phenoxy) is 1. The van der Waals surface area contributed by atoms with Gasteiger partial charge in [-0.1, -0.05) is 29.8 Å². The summed E-state index contributed by atoms with van der Waals surface area (Å²) in [6, 6.07) is 14.9. The van der Waals surface area contributed by atoms with E-state index in [2.05, 4.69) is 51.1 Å². The SMILES string of the molecule is CNS(=O)(=O)c1cnn(C)c1.COc1ccc2c(c1)C(Cc1cccc(Cl)c1)C(CN1CCC1)C2. The summed E-state index contributed by atoms with van der Waals surface area (Å²) < 4.78 is 31.2. The number of nitrogens with one attached hydrogen (secondary N) is 1. The van der Waals surface area contributed by atoms with Gasteiger partial charge >= 0.3 is 0 Å². The molecule has 0 amide bonds. The van der Waals surface area contributed by atoms with Gasteiger partial charge in [-0.2, -0.15) is 5.10 Å². The predicted octanol–water partition coefficient (Wildman–Crippen LogP) is 3.88. The van der Waals surface area contributed by atoms with Gasteiger partial charge in [-0.3, -0.25) is 4.68 Å². The number of aryl methyl sites for hydroxylation is 1. The molecule has 2 aromatic carbocycles. The summed E-state index contributed by atoms with van der Waals surface area (Å²) in [4.78, 5) is 2.78. The van der Waals surface area contributed by atoms with Gasteiger partial charge in [-0.15, -0.1) is 0 Å². The summed E-state index contributed by atoms with van der Waals surface area (Å²) in [7, 11) is 1.46. The summed E-state index contributed by atoms with van der Waals surface area (Å²) in [6.07, 6.45) is 6.32. The second-order valence-electron chi connectivity index (χ2n) is 9.18. The second-order valence-corrected chi connectivity index (χ2v) is 11.5. The van der Waals surface area contributed by atoms with E-state index in [0.29, 0.717) is 11.8 Å². The Kier molecular flexibility index (Phi) is 8.16. The second kappa shape index (κ2) is 11.1. The molecule has 1 aromatic heterocycles. The van der Waals surface area contributed by atoms with Crippen LogP contribution in [0.25, 0.3) is 0 Å². The van der Waals surface area contributed by atoms with Crippen molar-refractivity contribution in [1.82, 2.24) is 19.4 Å². The fraction of sp³-hybridized carbons (Fsp3) is 0.423. The van der Waals surface area contributed by atoms with Gasteiger partial charge in [-0.25, -0.2) is 13.1 Å². The molecule has 2 atom stereocenters. The Labute approximate surface area is 213 Å². The minimum absolute atomic E-state index is 0.183. The highest BCUT2D eigenvalue weighted by Gasteiger charge is 2.34. The van der Waals surface area contributed by atoms with Crippen LogP contribution in [-0.4, -0.2) is 56.9 Å². The Morgan fingerprint density at radius 3 is 2.60 bits per heavy atom. The number of benzene rings is 2. The molecule has 3 aromatic rings. The van der Waals surface area contributed by atoms with E-state index < -0.39 is 10.0 Å². The van der Waals surface area contributed by atoms with Crippen LogP contribution in [0.5, 0.6) is 5.75 Å². The maximum atomic E-state index is 11.0. The zero-order chi connectivity index (χ0) is 25.0. The van der Waals surface area contributed by atoms with Crippen molar-refractivity contribution in [3.05, 3.63) is 76.6 Å². The van der Waals surface area contributed by atoms with Crippen LogP contribution in [0.4, 0.5) is 0 Å². The van der Waals surface area contributed by atoms with Crippen LogP contribution in [-0.2, 0) is 29.9 Å². The Hall–Kier alpha value is -2.39. The maximum absolute atomic E-state index is 11.0. The molecule has 1 aliphatic heterocycles.